The van der Waals surface area contributed by atoms with Gasteiger partial charge < -0.3 is 15.1 Å². The first kappa shape index (κ1) is 18.7. The summed E-state index contributed by atoms with van der Waals surface area (Å²) in [6, 6.07) is 0. The quantitative estimate of drug-likeness (QED) is 0.593. The number of hydrogen-bond donors (Lipinski definition) is 1. The van der Waals surface area contributed by atoms with Gasteiger partial charge in [0.05, 0.1) is 0 Å². The number of amides is 3. The fourth-order valence-electron chi connectivity index (χ4n) is 2.27. The van der Waals surface area contributed by atoms with Gasteiger partial charge in [-0.15, -0.1) is 10.2 Å². The largest absolute Gasteiger partial charge is 0.339 e. The van der Waals surface area contributed by atoms with Crippen LogP contribution in [0.15, 0.2) is 4.34 Å². The SMILES string of the molecule is CCSc1nnc(NC(=O)CCC(=O)N2CCN(C(C)=O)CC2)s1. The Morgan fingerprint density at radius 3 is 2.42 bits per heavy atom. The van der Waals surface area contributed by atoms with Gasteiger partial charge in [0.15, 0.2) is 4.34 Å². The van der Waals surface area contributed by atoms with Crippen molar-refractivity contribution in [2.75, 3.05) is 37.2 Å². The van der Waals surface area contributed by atoms with Crippen LogP contribution >= 0.6 is 23.1 Å². The number of piperazine rings is 1. The predicted molar refractivity (Wildman–Crippen MR) is 93.0 cm³/mol. The number of anilines is 1. The standard InChI is InChI=1S/C14H21N5O3S2/c1-3-23-14-17-16-13(24-14)15-11(21)4-5-12(22)19-8-6-18(7-9-19)10(2)20/h3-9H2,1-2H3,(H,15,16,21). The maximum absolute atomic E-state index is 12.1. The normalized spacial score (nSPS) is 14.6. The lowest BCUT2D eigenvalue weighted by atomic mass is 10.2. The fourth-order valence-corrected chi connectivity index (χ4v) is 3.94. The van der Waals surface area contributed by atoms with E-state index < -0.39 is 0 Å². The maximum Gasteiger partial charge on any atom is 0.226 e. The minimum absolute atomic E-state index is 0.0270. The van der Waals surface area contributed by atoms with Crippen molar-refractivity contribution in [3.05, 3.63) is 0 Å². The van der Waals surface area contributed by atoms with Crippen LogP contribution in [-0.2, 0) is 14.4 Å². The minimum Gasteiger partial charge on any atom is -0.339 e. The zero-order chi connectivity index (χ0) is 17.5. The van der Waals surface area contributed by atoms with E-state index in [2.05, 4.69) is 15.5 Å². The molecule has 1 aliphatic heterocycles. The van der Waals surface area contributed by atoms with Gasteiger partial charge in [-0.25, -0.2) is 0 Å². The van der Waals surface area contributed by atoms with Crippen molar-refractivity contribution in [2.24, 2.45) is 0 Å². The van der Waals surface area contributed by atoms with Crippen LogP contribution in [0.2, 0.25) is 0 Å². The molecule has 0 atom stereocenters. The van der Waals surface area contributed by atoms with Crippen LogP contribution in [0.5, 0.6) is 0 Å². The first-order valence-electron chi connectivity index (χ1n) is 7.79. The Hall–Kier alpha value is -1.68. The number of nitrogens with zero attached hydrogens (tertiary/aromatic N) is 4. The van der Waals surface area contributed by atoms with Crippen LogP contribution in [0.25, 0.3) is 0 Å². The van der Waals surface area contributed by atoms with Crippen LogP contribution in [0.1, 0.15) is 26.7 Å². The van der Waals surface area contributed by atoms with Crippen LogP contribution in [0, 0.1) is 0 Å². The minimum atomic E-state index is -0.241. The first-order chi connectivity index (χ1) is 11.5. The summed E-state index contributed by atoms with van der Waals surface area (Å²) in [5.41, 5.74) is 0. The van der Waals surface area contributed by atoms with Gasteiger partial charge in [-0.3, -0.25) is 14.4 Å². The molecule has 0 radical (unpaired) electrons. The molecule has 8 nitrogen and oxygen atoms in total. The second-order valence-corrected chi connectivity index (χ2v) is 7.73. The van der Waals surface area contributed by atoms with Crippen LogP contribution in [-0.4, -0.2) is 69.7 Å². The summed E-state index contributed by atoms with van der Waals surface area (Å²) < 4.78 is 0.812. The zero-order valence-electron chi connectivity index (χ0n) is 13.8. The molecule has 0 aliphatic carbocycles. The molecule has 0 spiro atoms. The summed E-state index contributed by atoms with van der Waals surface area (Å²) in [7, 11) is 0. The van der Waals surface area contributed by atoms with Crippen molar-refractivity contribution in [3.8, 4) is 0 Å². The molecular weight excluding hydrogens is 350 g/mol. The van der Waals surface area contributed by atoms with E-state index in [0.717, 1.165) is 10.1 Å². The van der Waals surface area contributed by atoms with E-state index in [9.17, 15) is 14.4 Å². The lowest BCUT2D eigenvalue weighted by Gasteiger charge is -2.34. The van der Waals surface area contributed by atoms with Crippen LogP contribution < -0.4 is 5.32 Å². The number of rotatable bonds is 6. The molecule has 1 N–H and O–H groups in total. The highest BCUT2D eigenvalue weighted by molar-refractivity contribution is 8.01. The van der Waals surface area contributed by atoms with Gasteiger partial charge in [-0.1, -0.05) is 30.0 Å². The number of thioether (sulfide) groups is 1. The lowest BCUT2D eigenvalue weighted by molar-refractivity contribution is -0.138. The lowest BCUT2D eigenvalue weighted by Crippen LogP contribution is -2.50. The topological polar surface area (TPSA) is 95.5 Å². The van der Waals surface area contributed by atoms with E-state index in [1.165, 1.54) is 18.3 Å². The van der Waals surface area contributed by atoms with Crippen molar-refractivity contribution in [1.82, 2.24) is 20.0 Å². The van der Waals surface area contributed by atoms with Crippen molar-refractivity contribution in [3.63, 3.8) is 0 Å². The Labute approximate surface area is 149 Å². The smallest absolute Gasteiger partial charge is 0.226 e. The average Bonchev–Trinajstić information content (AvgIpc) is 3.00. The highest BCUT2D eigenvalue weighted by Gasteiger charge is 2.22. The molecule has 132 valence electrons. The molecule has 2 heterocycles. The fraction of sp³-hybridized carbons (Fsp3) is 0.643. The molecule has 1 aliphatic rings. The van der Waals surface area contributed by atoms with Crippen molar-refractivity contribution >= 4 is 46.0 Å². The third kappa shape index (κ3) is 5.45. The molecule has 24 heavy (non-hydrogen) atoms. The van der Waals surface area contributed by atoms with Gasteiger partial charge in [0.1, 0.15) is 0 Å². The summed E-state index contributed by atoms with van der Waals surface area (Å²) in [6.07, 6.45) is 0.267. The number of nitrogens with one attached hydrogen (secondary N) is 1. The summed E-state index contributed by atoms with van der Waals surface area (Å²) in [5.74, 6) is 0.621. The monoisotopic (exact) mass is 371 g/mol. The molecular formula is C14H21N5O3S2. The third-order valence-electron chi connectivity index (χ3n) is 3.56. The molecule has 0 aromatic carbocycles. The van der Waals surface area contributed by atoms with E-state index >= 15 is 0 Å². The van der Waals surface area contributed by atoms with Gasteiger partial charge in [-0.05, 0) is 5.75 Å². The number of carbonyl (C=O) groups is 3. The van der Waals surface area contributed by atoms with Gasteiger partial charge in [0.2, 0.25) is 22.9 Å². The highest BCUT2D eigenvalue weighted by atomic mass is 32.2. The van der Waals surface area contributed by atoms with Gasteiger partial charge in [0.25, 0.3) is 0 Å². The second-order valence-electron chi connectivity index (χ2n) is 5.24. The molecule has 3 amide bonds. The second kappa shape index (κ2) is 8.97. The molecule has 10 heteroatoms. The van der Waals surface area contributed by atoms with Crippen molar-refractivity contribution in [1.29, 1.82) is 0 Å². The Balaban J connectivity index is 1.71. The maximum atomic E-state index is 12.1. The molecule has 0 bridgehead atoms. The van der Waals surface area contributed by atoms with E-state index in [4.69, 9.17) is 0 Å². The summed E-state index contributed by atoms with van der Waals surface area (Å²) in [6.45, 7) is 5.69. The van der Waals surface area contributed by atoms with E-state index in [0.29, 0.717) is 31.3 Å². The van der Waals surface area contributed by atoms with E-state index in [1.54, 1.807) is 21.6 Å². The summed E-state index contributed by atoms with van der Waals surface area (Å²) in [4.78, 5) is 38.7. The number of hydrogen-bond acceptors (Lipinski definition) is 7. The van der Waals surface area contributed by atoms with Crippen molar-refractivity contribution < 1.29 is 14.4 Å². The molecule has 1 saturated heterocycles. The van der Waals surface area contributed by atoms with E-state index in [-0.39, 0.29) is 30.6 Å². The Kier molecular flexibility index (Phi) is 6.98. The number of carbonyl (C=O) groups excluding carboxylic acids is 3. The molecule has 0 saturated carbocycles. The first-order valence-corrected chi connectivity index (χ1v) is 9.59. The molecule has 1 aromatic rings. The molecule has 1 aromatic heterocycles. The Morgan fingerprint density at radius 2 is 1.79 bits per heavy atom. The van der Waals surface area contributed by atoms with E-state index in [1.807, 2.05) is 6.92 Å². The van der Waals surface area contributed by atoms with Gasteiger partial charge in [0, 0.05) is 45.9 Å². The zero-order valence-corrected chi connectivity index (χ0v) is 15.4. The van der Waals surface area contributed by atoms with Crippen molar-refractivity contribution in [2.45, 2.75) is 31.0 Å². The number of aromatic nitrogens is 2. The van der Waals surface area contributed by atoms with Gasteiger partial charge in [-0.2, -0.15) is 0 Å². The summed E-state index contributed by atoms with van der Waals surface area (Å²) >= 11 is 2.89. The molecule has 0 unspecified atom stereocenters. The Bertz CT molecular complexity index is 599. The average molecular weight is 371 g/mol. The van der Waals surface area contributed by atoms with Gasteiger partial charge >= 0.3 is 0 Å². The highest BCUT2D eigenvalue weighted by Crippen LogP contribution is 2.25. The summed E-state index contributed by atoms with van der Waals surface area (Å²) in [5, 5.41) is 11.0. The molecule has 1 fully saturated rings. The predicted octanol–water partition coefficient (Wildman–Crippen LogP) is 1.06. The van der Waals surface area contributed by atoms with Crippen LogP contribution in [0.3, 0.4) is 0 Å². The Morgan fingerprint density at radius 1 is 1.12 bits per heavy atom. The molecule has 2 rings (SSSR count). The third-order valence-corrected chi connectivity index (χ3v) is 5.42. The van der Waals surface area contributed by atoms with Crippen LogP contribution in [0.4, 0.5) is 5.13 Å².